The van der Waals surface area contributed by atoms with Gasteiger partial charge in [-0.2, -0.15) is 4.72 Å². The summed E-state index contributed by atoms with van der Waals surface area (Å²) in [4.78, 5) is 25.9. The third kappa shape index (κ3) is 10.5. The molecule has 0 unspecified atom stereocenters. The monoisotopic (exact) mass is 780 g/mol. The van der Waals surface area contributed by atoms with Crippen LogP contribution in [0.3, 0.4) is 0 Å². The van der Waals surface area contributed by atoms with Crippen LogP contribution >= 0.6 is 11.8 Å². The molecule has 0 spiro atoms. The van der Waals surface area contributed by atoms with Crippen molar-refractivity contribution in [1.29, 1.82) is 0 Å². The standard InChI is InChI=1S/C43H44N2O8S2/c1-28-8-22-37(23-9-28)55(50,51)45-38(24-30-6-4-3-5-7-30)41(47)44-25-31-10-16-35(17-11-31)43-52-39(27-54-36-20-18-34(19-21-36)42(48)49)29(2)40(53-43)33-14-12-32(26-46)13-15-33/h3-23,29,38-40,43,45-46H,24-27H2,1-2H3,(H,44,47)(H,48,49)/t29-,38+,39+,40+,43+/m0/s1. The Morgan fingerprint density at radius 2 is 1.42 bits per heavy atom. The molecule has 1 aliphatic heterocycles. The molecular weight excluding hydrogens is 737 g/mol. The number of nitrogens with one attached hydrogen (secondary N) is 2. The summed E-state index contributed by atoms with van der Waals surface area (Å²) in [6.45, 7) is 4.06. The highest BCUT2D eigenvalue weighted by molar-refractivity contribution is 7.99. The molecule has 0 saturated carbocycles. The Kier molecular flexibility index (Phi) is 13.2. The highest BCUT2D eigenvalue weighted by Crippen LogP contribution is 2.43. The van der Waals surface area contributed by atoms with Gasteiger partial charge in [-0.1, -0.05) is 103 Å². The Labute approximate surface area is 326 Å². The fraction of sp³-hybridized carbons (Fsp3) is 0.256. The number of ether oxygens (including phenoxy) is 2. The van der Waals surface area contributed by atoms with E-state index < -0.39 is 34.2 Å². The lowest BCUT2D eigenvalue weighted by Gasteiger charge is -2.41. The lowest BCUT2D eigenvalue weighted by atomic mass is 9.91. The lowest BCUT2D eigenvalue weighted by Crippen LogP contribution is -2.47. The van der Waals surface area contributed by atoms with E-state index in [1.807, 2.05) is 85.8 Å². The number of carboxylic acid groups (broad SMARTS) is 1. The van der Waals surface area contributed by atoms with Crippen molar-refractivity contribution in [2.45, 2.75) is 67.8 Å². The van der Waals surface area contributed by atoms with Crippen LogP contribution in [0.25, 0.3) is 0 Å². The Hall–Kier alpha value is -4.82. The molecule has 1 amide bonds. The van der Waals surface area contributed by atoms with Gasteiger partial charge in [0.05, 0.1) is 29.3 Å². The van der Waals surface area contributed by atoms with Crippen LogP contribution in [0.15, 0.2) is 137 Å². The largest absolute Gasteiger partial charge is 0.478 e. The van der Waals surface area contributed by atoms with Crippen LogP contribution in [0.4, 0.5) is 0 Å². The second-order valence-corrected chi connectivity index (χ2v) is 16.4. The number of thioether (sulfide) groups is 1. The SMILES string of the molecule is Cc1ccc(S(=O)(=O)N[C@H](Cc2ccccc2)C(=O)NCc2ccc([C@@H]3O[C@H](CSc4ccc(C(=O)O)cc4)[C@H](C)[C@H](c4ccc(CO)cc4)O3)cc2)cc1. The average Bonchev–Trinajstić information content (AvgIpc) is 3.20. The number of carboxylic acids is 1. The van der Waals surface area contributed by atoms with Gasteiger partial charge in [-0.25, -0.2) is 13.2 Å². The molecule has 5 aromatic carbocycles. The summed E-state index contributed by atoms with van der Waals surface area (Å²) in [5, 5.41) is 21.8. The summed E-state index contributed by atoms with van der Waals surface area (Å²) >= 11 is 1.58. The Bertz CT molecular complexity index is 2150. The highest BCUT2D eigenvalue weighted by atomic mass is 32.2. The minimum Gasteiger partial charge on any atom is -0.478 e. The number of carbonyl (C=O) groups is 2. The van der Waals surface area contributed by atoms with Crippen LogP contribution < -0.4 is 10.0 Å². The van der Waals surface area contributed by atoms with Crippen molar-refractivity contribution >= 4 is 33.7 Å². The topological polar surface area (TPSA) is 151 Å². The van der Waals surface area contributed by atoms with E-state index in [9.17, 15) is 28.2 Å². The normalized spacial score (nSPS) is 19.0. The minimum absolute atomic E-state index is 0.0382. The van der Waals surface area contributed by atoms with Gasteiger partial charge in [-0.15, -0.1) is 11.8 Å². The molecule has 1 aliphatic rings. The Morgan fingerprint density at radius 3 is 2.05 bits per heavy atom. The number of sulfonamides is 1. The first-order chi connectivity index (χ1) is 26.5. The summed E-state index contributed by atoms with van der Waals surface area (Å²) < 4.78 is 42.4. The summed E-state index contributed by atoms with van der Waals surface area (Å²) in [7, 11) is -3.98. The zero-order valence-electron chi connectivity index (χ0n) is 30.5. The number of aryl methyl sites for hydroxylation is 1. The predicted molar refractivity (Wildman–Crippen MR) is 211 cm³/mol. The number of aliphatic hydroxyl groups is 1. The smallest absolute Gasteiger partial charge is 0.335 e. The molecule has 55 heavy (non-hydrogen) atoms. The summed E-state index contributed by atoms with van der Waals surface area (Å²) in [6, 6.07) is 36.7. The maximum Gasteiger partial charge on any atom is 0.335 e. The van der Waals surface area contributed by atoms with E-state index in [4.69, 9.17) is 9.47 Å². The van der Waals surface area contributed by atoms with Crippen LogP contribution in [0.1, 0.15) is 63.1 Å². The maximum absolute atomic E-state index is 13.6. The first-order valence-electron chi connectivity index (χ1n) is 18.0. The van der Waals surface area contributed by atoms with E-state index in [1.165, 1.54) is 12.1 Å². The Morgan fingerprint density at radius 1 is 0.782 bits per heavy atom. The van der Waals surface area contributed by atoms with Gasteiger partial charge in [-0.05, 0) is 72.0 Å². The molecule has 1 saturated heterocycles. The fourth-order valence-electron chi connectivity index (χ4n) is 6.30. The van der Waals surface area contributed by atoms with E-state index in [0.717, 1.165) is 38.3 Å². The van der Waals surface area contributed by atoms with Gasteiger partial charge in [-0.3, -0.25) is 4.79 Å². The zero-order valence-corrected chi connectivity index (χ0v) is 32.1. The van der Waals surface area contributed by atoms with Crippen molar-refractivity contribution in [3.63, 3.8) is 0 Å². The molecule has 1 heterocycles. The molecule has 5 atom stereocenters. The molecule has 1 fully saturated rings. The number of hydrogen-bond donors (Lipinski definition) is 4. The van der Waals surface area contributed by atoms with Gasteiger partial charge >= 0.3 is 5.97 Å². The molecular formula is C43H44N2O8S2. The van der Waals surface area contributed by atoms with Crippen LogP contribution in [0.2, 0.25) is 0 Å². The van der Waals surface area contributed by atoms with Gasteiger partial charge in [0.2, 0.25) is 15.9 Å². The molecule has 286 valence electrons. The van der Waals surface area contributed by atoms with E-state index in [-0.39, 0.29) is 48.2 Å². The van der Waals surface area contributed by atoms with E-state index in [1.54, 1.807) is 48.2 Å². The molecule has 6 rings (SSSR count). The summed E-state index contributed by atoms with van der Waals surface area (Å²) in [5.74, 6) is -0.869. The number of hydrogen-bond acceptors (Lipinski definition) is 8. The molecule has 0 aliphatic carbocycles. The van der Waals surface area contributed by atoms with Gasteiger partial charge in [0.1, 0.15) is 6.04 Å². The maximum atomic E-state index is 13.6. The molecule has 4 N–H and O–H groups in total. The van der Waals surface area contributed by atoms with Gasteiger partial charge in [0.15, 0.2) is 6.29 Å². The van der Waals surface area contributed by atoms with Gasteiger partial charge < -0.3 is 25.0 Å². The zero-order chi connectivity index (χ0) is 39.0. The van der Waals surface area contributed by atoms with E-state index in [2.05, 4.69) is 17.0 Å². The fourth-order valence-corrected chi connectivity index (χ4v) is 8.56. The van der Waals surface area contributed by atoms with Crippen LogP contribution in [0.5, 0.6) is 0 Å². The van der Waals surface area contributed by atoms with Crippen molar-refractivity contribution in [1.82, 2.24) is 10.0 Å². The summed E-state index contributed by atoms with van der Waals surface area (Å²) in [5.41, 5.74) is 5.31. The molecule has 0 aromatic heterocycles. The van der Waals surface area contributed by atoms with E-state index in [0.29, 0.717) is 5.75 Å². The quantitative estimate of drug-likeness (QED) is 0.0826. The lowest BCUT2D eigenvalue weighted by molar-refractivity contribution is -0.268. The van der Waals surface area contributed by atoms with Crippen molar-refractivity contribution < 1.29 is 37.7 Å². The second kappa shape index (κ2) is 18.2. The average molecular weight is 781 g/mol. The van der Waals surface area contributed by atoms with Crippen molar-refractivity contribution in [2.24, 2.45) is 5.92 Å². The van der Waals surface area contributed by atoms with E-state index >= 15 is 0 Å². The van der Waals surface area contributed by atoms with Gasteiger partial charge in [0.25, 0.3) is 0 Å². The number of aliphatic hydroxyl groups excluding tert-OH is 1. The third-order valence-corrected chi connectivity index (χ3v) is 12.2. The molecule has 0 radical (unpaired) electrons. The van der Waals surface area contributed by atoms with Crippen molar-refractivity contribution in [3.8, 4) is 0 Å². The summed E-state index contributed by atoms with van der Waals surface area (Å²) in [6.07, 6.45) is -1.07. The molecule has 5 aromatic rings. The van der Waals surface area contributed by atoms with Crippen LogP contribution in [-0.2, 0) is 43.9 Å². The first-order valence-corrected chi connectivity index (χ1v) is 20.4. The Balaban J connectivity index is 1.15. The van der Waals surface area contributed by atoms with Crippen molar-refractivity contribution in [3.05, 3.63) is 166 Å². The highest BCUT2D eigenvalue weighted by Gasteiger charge is 2.38. The molecule has 10 nitrogen and oxygen atoms in total. The molecule has 0 bridgehead atoms. The van der Waals surface area contributed by atoms with Crippen LogP contribution in [0, 0.1) is 12.8 Å². The van der Waals surface area contributed by atoms with Gasteiger partial charge in [0, 0.05) is 28.7 Å². The van der Waals surface area contributed by atoms with Crippen LogP contribution in [-0.4, -0.2) is 48.4 Å². The number of benzene rings is 5. The predicted octanol–water partition coefficient (Wildman–Crippen LogP) is 6.98. The number of carbonyl (C=O) groups excluding carboxylic acids is 1. The molecule has 12 heteroatoms. The first kappa shape index (κ1) is 39.9. The van der Waals surface area contributed by atoms with Crippen molar-refractivity contribution in [2.75, 3.05) is 5.75 Å². The number of amides is 1. The number of rotatable bonds is 15. The number of aromatic carboxylic acids is 1. The third-order valence-electron chi connectivity index (χ3n) is 9.59. The minimum atomic E-state index is -3.98. The second-order valence-electron chi connectivity index (χ2n) is 13.6.